The Kier molecular flexibility index (Phi) is 5.01. The number of rotatable bonds is 4. The predicted molar refractivity (Wildman–Crippen MR) is 110 cm³/mol. The molecule has 0 bridgehead atoms. The molecule has 0 N–H and O–H groups in total. The molecule has 1 unspecified atom stereocenters. The number of ketones is 1. The molecule has 2 aliphatic rings. The van der Waals surface area contributed by atoms with Gasteiger partial charge in [-0.15, -0.1) is 11.3 Å². The summed E-state index contributed by atoms with van der Waals surface area (Å²) in [7, 11) is -3.54. The van der Waals surface area contributed by atoms with Crippen LogP contribution < -0.4 is 4.31 Å². The van der Waals surface area contributed by atoms with E-state index in [4.69, 9.17) is 0 Å². The van der Waals surface area contributed by atoms with Crippen molar-refractivity contribution in [3.05, 3.63) is 51.7 Å². The molecule has 0 spiro atoms. The zero-order valence-corrected chi connectivity index (χ0v) is 17.3. The SMILES string of the molecule is CC(=O)c1csc(C(=O)N2CCCC(S(=O)(=O)N3CCc4ccccc43)C2)c1. The van der Waals surface area contributed by atoms with Gasteiger partial charge in [0.15, 0.2) is 5.78 Å². The highest BCUT2D eigenvalue weighted by Gasteiger charge is 2.39. The van der Waals surface area contributed by atoms with Gasteiger partial charge in [0.05, 0.1) is 15.8 Å². The lowest BCUT2D eigenvalue weighted by atomic mass is 10.1. The van der Waals surface area contributed by atoms with Crippen molar-refractivity contribution in [2.75, 3.05) is 23.9 Å². The summed E-state index contributed by atoms with van der Waals surface area (Å²) in [5.41, 5.74) is 2.32. The van der Waals surface area contributed by atoms with Crippen LogP contribution in [0, 0.1) is 0 Å². The molecule has 1 fully saturated rings. The Labute approximate surface area is 168 Å². The summed E-state index contributed by atoms with van der Waals surface area (Å²) in [6.45, 7) is 2.65. The van der Waals surface area contributed by atoms with E-state index in [1.54, 1.807) is 16.3 Å². The molecule has 1 aromatic heterocycles. The molecule has 2 aromatic rings. The van der Waals surface area contributed by atoms with Gasteiger partial charge in [0, 0.05) is 30.6 Å². The van der Waals surface area contributed by atoms with Gasteiger partial charge in [-0.25, -0.2) is 8.42 Å². The summed E-state index contributed by atoms with van der Waals surface area (Å²) in [5.74, 6) is -0.277. The molecule has 0 radical (unpaired) electrons. The highest BCUT2D eigenvalue weighted by molar-refractivity contribution is 7.93. The third-order valence-corrected chi connectivity index (χ3v) is 8.59. The van der Waals surface area contributed by atoms with Crippen molar-refractivity contribution in [1.29, 1.82) is 0 Å². The van der Waals surface area contributed by atoms with Gasteiger partial charge in [-0.05, 0) is 43.9 Å². The van der Waals surface area contributed by atoms with Crippen LogP contribution >= 0.6 is 11.3 Å². The van der Waals surface area contributed by atoms with E-state index in [-0.39, 0.29) is 18.2 Å². The molecule has 6 nitrogen and oxygen atoms in total. The van der Waals surface area contributed by atoms with Crippen LogP contribution in [0.3, 0.4) is 0 Å². The van der Waals surface area contributed by atoms with E-state index >= 15 is 0 Å². The number of benzene rings is 1. The number of piperidine rings is 1. The van der Waals surface area contributed by atoms with Crippen LogP contribution in [0.5, 0.6) is 0 Å². The lowest BCUT2D eigenvalue weighted by Gasteiger charge is -2.34. The van der Waals surface area contributed by atoms with Crippen LogP contribution in [0.2, 0.25) is 0 Å². The maximum Gasteiger partial charge on any atom is 0.263 e. The summed E-state index contributed by atoms with van der Waals surface area (Å²) in [4.78, 5) is 26.4. The molecule has 3 heterocycles. The van der Waals surface area contributed by atoms with Gasteiger partial charge >= 0.3 is 0 Å². The smallest absolute Gasteiger partial charge is 0.263 e. The number of nitrogens with zero attached hydrogens (tertiary/aromatic N) is 2. The number of likely N-dealkylation sites (tertiary alicyclic amines) is 1. The van der Waals surface area contributed by atoms with Crippen LogP contribution in [0.15, 0.2) is 35.7 Å². The molecule has 1 saturated heterocycles. The van der Waals surface area contributed by atoms with Gasteiger partial charge in [0.1, 0.15) is 0 Å². The summed E-state index contributed by atoms with van der Waals surface area (Å²) in [6.07, 6.45) is 1.91. The average Bonchev–Trinajstić information content (AvgIpc) is 3.35. The predicted octanol–water partition coefficient (Wildman–Crippen LogP) is 2.95. The fourth-order valence-corrected chi connectivity index (χ4v) is 6.81. The van der Waals surface area contributed by atoms with Crippen LogP contribution in [-0.4, -0.2) is 49.9 Å². The second-order valence-corrected chi connectivity index (χ2v) is 10.3. The fraction of sp³-hybridized carbons (Fsp3) is 0.400. The first-order chi connectivity index (χ1) is 13.4. The average molecular weight is 419 g/mol. The number of fused-ring (bicyclic) bond motifs is 1. The van der Waals surface area contributed by atoms with E-state index < -0.39 is 15.3 Å². The second kappa shape index (κ2) is 7.33. The van der Waals surface area contributed by atoms with E-state index in [1.807, 2.05) is 24.3 Å². The van der Waals surface area contributed by atoms with Gasteiger partial charge < -0.3 is 4.90 Å². The van der Waals surface area contributed by atoms with E-state index in [9.17, 15) is 18.0 Å². The maximum absolute atomic E-state index is 13.3. The van der Waals surface area contributed by atoms with E-state index in [1.165, 1.54) is 22.6 Å². The number of Topliss-reactive ketones (excluding diaryl/α,β-unsaturated/α-hetero) is 1. The Morgan fingerprint density at radius 2 is 1.96 bits per heavy atom. The number of para-hydroxylation sites is 1. The quantitative estimate of drug-likeness (QED) is 0.716. The Hall–Kier alpha value is -2.19. The highest BCUT2D eigenvalue weighted by Crippen LogP contribution is 2.33. The van der Waals surface area contributed by atoms with Crippen LogP contribution in [0.1, 0.15) is 45.4 Å². The van der Waals surface area contributed by atoms with Crippen LogP contribution in [0.4, 0.5) is 5.69 Å². The van der Waals surface area contributed by atoms with Crippen molar-refractivity contribution in [3.63, 3.8) is 0 Å². The topological polar surface area (TPSA) is 74.8 Å². The lowest BCUT2D eigenvalue weighted by Crippen LogP contribution is -2.49. The molecule has 2 aliphatic heterocycles. The Bertz CT molecular complexity index is 1030. The van der Waals surface area contributed by atoms with E-state index in [2.05, 4.69) is 0 Å². The number of carbonyl (C=O) groups excluding carboxylic acids is 2. The molecule has 148 valence electrons. The molecular formula is C20H22N2O4S2. The third kappa shape index (κ3) is 3.35. The minimum absolute atomic E-state index is 0.0814. The Balaban J connectivity index is 1.53. The second-order valence-electron chi connectivity index (χ2n) is 7.27. The van der Waals surface area contributed by atoms with Crippen molar-refractivity contribution in [2.45, 2.75) is 31.4 Å². The first kappa shape index (κ1) is 19.1. The summed E-state index contributed by atoms with van der Waals surface area (Å²) in [6, 6.07) is 9.19. The molecule has 1 amide bonds. The minimum Gasteiger partial charge on any atom is -0.337 e. The van der Waals surface area contributed by atoms with Crippen molar-refractivity contribution in [2.24, 2.45) is 0 Å². The number of thiophene rings is 1. The van der Waals surface area contributed by atoms with Gasteiger partial charge in [-0.2, -0.15) is 0 Å². The summed E-state index contributed by atoms with van der Waals surface area (Å²) >= 11 is 1.23. The largest absolute Gasteiger partial charge is 0.337 e. The molecular weight excluding hydrogens is 396 g/mol. The molecule has 4 rings (SSSR count). The summed E-state index contributed by atoms with van der Waals surface area (Å²) in [5, 5.41) is 1.07. The van der Waals surface area contributed by atoms with Crippen molar-refractivity contribution >= 4 is 38.7 Å². The lowest BCUT2D eigenvalue weighted by molar-refractivity contribution is 0.0731. The molecule has 0 saturated carbocycles. The highest BCUT2D eigenvalue weighted by atomic mass is 32.2. The number of carbonyl (C=O) groups is 2. The number of hydrogen-bond acceptors (Lipinski definition) is 5. The van der Waals surface area contributed by atoms with Gasteiger partial charge in [-0.3, -0.25) is 13.9 Å². The monoisotopic (exact) mass is 418 g/mol. The van der Waals surface area contributed by atoms with E-state index in [0.717, 1.165) is 11.3 Å². The standard InChI is InChI=1S/C20H22N2O4S2/c1-14(23)16-11-19(27-13-16)20(24)21-9-4-6-17(12-21)28(25,26)22-10-8-15-5-2-3-7-18(15)22/h2-3,5,7,11,13,17H,4,6,8-10,12H2,1H3. The van der Waals surface area contributed by atoms with Gasteiger partial charge in [0.2, 0.25) is 10.0 Å². The van der Waals surface area contributed by atoms with Gasteiger partial charge in [-0.1, -0.05) is 18.2 Å². The molecule has 8 heteroatoms. The first-order valence-electron chi connectivity index (χ1n) is 9.36. The zero-order valence-electron chi connectivity index (χ0n) is 15.6. The maximum atomic E-state index is 13.3. The third-order valence-electron chi connectivity index (χ3n) is 5.46. The summed E-state index contributed by atoms with van der Waals surface area (Å²) < 4.78 is 28.1. The van der Waals surface area contributed by atoms with Crippen LogP contribution in [-0.2, 0) is 16.4 Å². The number of sulfonamides is 1. The van der Waals surface area contributed by atoms with Crippen molar-refractivity contribution in [1.82, 2.24) is 4.90 Å². The Morgan fingerprint density at radius 1 is 1.18 bits per heavy atom. The van der Waals surface area contributed by atoms with Gasteiger partial charge in [0.25, 0.3) is 5.91 Å². The number of anilines is 1. The normalized spacial score (nSPS) is 19.5. The zero-order chi connectivity index (χ0) is 19.9. The molecule has 0 aliphatic carbocycles. The fourth-order valence-electron chi connectivity index (χ4n) is 3.91. The molecule has 1 aromatic carbocycles. The molecule has 1 atom stereocenters. The van der Waals surface area contributed by atoms with Crippen molar-refractivity contribution in [3.8, 4) is 0 Å². The number of amides is 1. The number of hydrogen-bond donors (Lipinski definition) is 0. The minimum atomic E-state index is -3.54. The first-order valence-corrected chi connectivity index (χ1v) is 11.7. The molecule has 28 heavy (non-hydrogen) atoms. The van der Waals surface area contributed by atoms with Crippen LogP contribution in [0.25, 0.3) is 0 Å². The Morgan fingerprint density at radius 3 is 2.71 bits per heavy atom. The van der Waals surface area contributed by atoms with Crippen molar-refractivity contribution < 1.29 is 18.0 Å². The van der Waals surface area contributed by atoms with E-state index in [0.29, 0.717) is 42.8 Å².